The number of carbonyl (C=O) groups excluding carboxylic acids is 3. The van der Waals surface area contributed by atoms with Gasteiger partial charge in [-0.2, -0.15) is 0 Å². The monoisotopic (exact) mass is 415 g/mol. The number of alkyl carbamates (subject to hydrolysis) is 1. The van der Waals surface area contributed by atoms with Crippen LogP contribution >= 0.6 is 7.37 Å². The van der Waals surface area contributed by atoms with Crippen LogP contribution in [0, 0.1) is 0 Å². The van der Waals surface area contributed by atoms with E-state index in [9.17, 15) is 23.8 Å². The van der Waals surface area contributed by atoms with Crippen molar-refractivity contribution in [3.8, 4) is 0 Å². The molecule has 1 amide bonds. The van der Waals surface area contributed by atoms with Gasteiger partial charge in [0, 0.05) is 12.3 Å². The van der Waals surface area contributed by atoms with E-state index in [0.29, 0.717) is 0 Å². The molecule has 9 nitrogen and oxygen atoms in total. The summed E-state index contributed by atoms with van der Waals surface area (Å²) in [4.78, 5) is 44.7. The number of nitrogens with one attached hydrogen (secondary N) is 1. The second-order valence-electron chi connectivity index (χ2n) is 6.04. The van der Waals surface area contributed by atoms with Gasteiger partial charge >= 0.3 is 18.0 Å². The van der Waals surface area contributed by atoms with Crippen LogP contribution in [0.5, 0.6) is 0 Å². The number of hydrogen-bond acceptors (Lipinski definition) is 7. The minimum Gasteiger partial charge on any atom is -0.469 e. The highest BCUT2D eigenvalue weighted by Gasteiger charge is 2.25. The van der Waals surface area contributed by atoms with Gasteiger partial charge in [0.2, 0.25) is 7.37 Å². The number of amides is 1. The lowest BCUT2D eigenvalue weighted by molar-refractivity contribution is -0.143. The molecule has 0 radical (unpaired) electrons. The molecule has 0 aliphatic rings. The molecule has 0 bridgehead atoms. The minimum absolute atomic E-state index is 0.0416. The van der Waals surface area contributed by atoms with Crippen molar-refractivity contribution in [3.05, 3.63) is 35.9 Å². The Kier molecular flexibility index (Phi) is 10.3. The first-order chi connectivity index (χ1) is 13.3. The lowest BCUT2D eigenvalue weighted by atomic mass is 10.2. The van der Waals surface area contributed by atoms with Gasteiger partial charge in [-0.15, -0.1) is 0 Å². The number of benzene rings is 1. The quantitative estimate of drug-likeness (QED) is 0.319. The van der Waals surface area contributed by atoms with Crippen molar-refractivity contribution in [3.63, 3.8) is 0 Å². The van der Waals surface area contributed by atoms with Gasteiger partial charge in [0.1, 0.15) is 12.6 Å². The molecule has 0 spiro atoms. The van der Waals surface area contributed by atoms with Crippen LogP contribution in [0.1, 0.15) is 24.8 Å². The summed E-state index contributed by atoms with van der Waals surface area (Å²) < 4.78 is 26.2. The fraction of sp³-hybridized carbons (Fsp3) is 0.500. The first kappa shape index (κ1) is 23.7. The van der Waals surface area contributed by atoms with Crippen LogP contribution in [0.3, 0.4) is 0 Å². The molecule has 0 aromatic heterocycles. The molecule has 156 valence electrons. The van der Waals surface area contributed by atoms with Crippen LogP contribution in [0.15, 0.2) is 30.3 Å². The Morgan fingerprint density at radius 3 is 2.39 bits per heavy atom. The number of esters is 2. The molecule has 1 aromatic rings. The van der Waals surface area contributed by atoms with Crippen LogP contribution < -0.4 is 5.32 Å². The summed E-state index contributed by atoms with van der Waals surface area (Å²) >= 11 is 0. The maximum atomic E-state index is 12.1. The highest BCUT2D eigenvalue weighted by Crippen LogP contribution is 2.42. The third-order valence-corrected chi connectivity index (χ3v) is 5.82. The van der Waals surface area contributed by atoms with Crippen molar-refractivity contribution in [1.29, 1.82) is 0 Å². The summed E-state index contributed by atoms with van der Waals surface area (Å²) in [7, 11) is -1.16. The number of carbonyl (C=O) groups is 3. The Hall–Kier alpha value is -2.38. The molecule has 0 saturated carbocycles. The molecule has 0 aliphatic carbocycles. The lowest BCUT2D eigenvalue weighted by Crippen LogP contribution is -2.41. The number of methoxy groups -OCH3 is 2. The second-order valence-corrected chi connectivity index (χ2v) is 8.63. The highest BCUT2D eigenvalue weighted by atomic mass is 31.2. The van der Waals surface area contributed by atoms with Crippen molar-refractivity contribution in [1.82, 2.24) is 5.32 Å². The molecule has 28 heavy (non-hydrogen) atoms. The van der Waals surface area contributed by atoms with Gasteiger partial charge in [-0.1, -0.05) is 30.3 Å². The Balaban J connectivity index is 2.47. The summed E-state index contributed by atoms with van der Waals surface area (Å²) in [5, 5.41) is 2.40. The van der Waals surface area contributed by atoms with Crippen molar-refractivity contribution in [2.45, 2.75) is 31.9 Å². The molecular weight excluding hydrogens is 389 g/mol. The third-order valence-electron chi connectivity index (χ3n) is 3.88. The average molecular weight is 415 g/mol. The number of rotatable bonds is 11. The van der Waals surface area contributed by atoms with Crippen LogP contribution in [-0.2, 0) is 35.0 Å². The van der Waals surface area contributed by atoms with Gasteiger partial charge in [-0.3, -0.25) is 9.36 Å². The van der Waals surface area contributed by atoms with E-state index < -0.39 is 31.4 Å². The molecule has 10 heteroatoms. The SMILES string of the molecule is COC(=O)CCP(=O)(O)CCC[C@H](NC(=O)OCc1ccccc1)C(=O)OC. The zero-order valence-electron chi connectivity index (χ0n) is 16.0. The second kappa shape index (κ2) is 12.2. The van der Waals surface area contributed by atoms with Crippen LogP contribution in [-0.4, -0.2) is 55.5 Å². The summed E-state index contributed by atoms with van der Waals surface area (Å²) in [6.07, 6.45) is -0.983. The van der Waals surface area contributed by atoms with Gasteiger partial charge in [0.25, 0.3) is 0 Å². The Labute approximate surface area is 163 Å². The van der Waals surface area contributed by atoms with E-state index in [1.807, 2.05) is 6.07 Å². The van der Waals surface area contributed by atoms with Gasteiger partial charge in [0.05, 0.1) is 20.6 Å². The first-order valence-electron chi connectivity index (χ1n) is 8.70. The van der Waals surface area contributed by atoms with Crippen LogP contribution in [0.4, 0.5) is 4.79 Å². The maximum absolute atomic E-state index is 12.1. The molecule has 0 aliphatic heterocycles. The summed E-state index contributed by atoms with van der Waals surface area (Å²) in [5.41, 5.74) is 0.791. The van der Waals surface area contributed by atoms with E-state index in [4.69, 9.17) is 4.74 Å². The zero-order chi connectivity index (χ0) is 21.0. The van der Waals surface area contributed by atoms with E-state index in [1.54, 1.807) is 24.3 Å². The van der Waals surface area contributed by atoms with E-state index in [-0.39, 0.29) is 38.2 Å². The zero-order valence-corrected chi connectivity index (χ0v) is 16.9. The van der Waals surface area contributed by atoms with E-state index in [0.717, 1.165) is 5.56 Å². The van der Waals surface area contributed by atoms with E-state index in [2.05, 4.69) is 14.8 Å². The van der Waals surface area contributed by atoms with Gasteiger partial charge < -0.3 is 24.4 Å². The third kappa shape index (κ3) is 9.53. The molecule has 0 heterocycles. The van der Waals surface area contributed by atoms with E-state index >= 15 is 0 Å². The van der Waals surface area contributed by atoms with Gasteiger partial charge in [-0.05, 0) is 18.4 Å². The van der Waals surface area contributed by atoms with Crippen molar-refractivity contribution in [2.24, 2.45) is 0 Å². The largest absolute Gasteiger partial charge is 0.469 e. The standard InChI is InChI=1S/C18H26NO8P/c1-25-16(20)10-12-28(23,24)11-6-9-15(17(21)26-2)19-18(22)27-13-14-7-4-3-5-8-14/h3-5,7-8,15H,6,9-13H2,1-2H3,(H,19,22)(H,23,24)/t15-/m0/s1. The maximum Gasteiger partial charge on any atom is 0.408 e. The Bertz CT molecular complexity index is 694. The Morgan fingerprint density at radius 1 is 1.11 bits per heavy atom. The highest BCUT2D eigenvalue weighted by molar-refractivity contribution is 7.58. The topological polar surface area (TPSA) is 128 Å². The molecule has 0 fully saturated rings. The smallest absolute Gasteiger partial charge is 0.408 e. The summed E-state index contributed by atoms with van der Waals surface area (Å²) in [6.45, 7) is 0.0416. The fourth-order valence-electron chi connectivity index (χ4n) is 2.32. The molecule has 1 unspecified atom stereocenters. The molecule has 2 atom stereocenters. The van der Waals surface area contributed by atoms with E-state index in [1.165, 1.54) is 14.2 Å². The summed E-state index contributed by atoms with van der Waals surface area (Å²) in [6, 6.07) is 8.02. The van der Waals surface area contributed by atoms with Crippen LogP contribution in [0.2, 0.25) is 0 Å². The van der Waals surface area contributed by atoms with Gasteiger partial charge in [-0.25, -0.2) is 9.59 Å². The Morgan fingerprint density at radius 2 is 1.79 bits per heavy atom. The van der Waals surface area contributed by atoms with Crippen molar-refractivity contribution in [2.75, 3.05) is 26.5 Å². The molecule has 2 N–H and O–H groups in total. The fourth-order valence-corrected chi connectivity index (χ4v) is 3.75. The minimum atomic E-state index is -3.54. The normalized spacial score (nSPS) is 13.7. The predicted octanol–water partition coefficient (Wildman–Crippen LogP) is 2.07. The van der Waals surface area contributed by atoms with Crippen LogP contribution in [0.25, 0.3) is 0 Å². The van der Waals surface area contributed by atoms with Crippen molar-refractivity contribution < 1.29 is 38.1 Å². The number of ether oxygens (including phenoxy) is 3. The number of hydrogen-bond donors (Lipinski definition) is 2. The molecular formula is C18H26NO8P. The molecule has 1 rings (SSSR count). The first-order valence-corrected chi connectivity index (χ1v) is 10.7. The lowest BCUT2D eigenvalue weighted by Gasteiger charge is -2.17. The summed E-state index contributed by atoms with van der Waals surface area (Å²) in [5.74, 6) is -1.25. The predicted molar refractivity (Wildman–Crippen MR) is 101 cm³/mol. The van der Waals surface area contributed by atoms with Gasteiger partial charge in [0.15, 0.2) is 0 Å². The average Bonchev–Trinajstić information content (AvgIpc) is 2.69. The molecule has 1 aromatic carbocycles. The van der Waals surface area contributed by atoms with Crippen molar-refractivity contribution >= 4 is 25.4 Å². The molecule has 0 saturated heterocycles.